The molecular weight excluding hydrogens is 314 g/mol. The van der Waals surface area contributed by atoms with Crippen LogP contribution in [0.25, 0.3) is 0 Å². The van der Waals surface area contributed by atoms with Gasteiger partial charge in [0.15, 0.2) is 0 Å². The molecule has 0 atom stereocenters. The van der Waals surface area contributed by atoms with Crippen LogP contribution >= 0.6 is 27.5 Å². The Kier molecular flexibility index (Phi) is 5.07. The second kappa shape index (κ2) is 6.38. The molecule has 0 unspecified atom stereocenters. The molecule has 1 aromatic carbocycles. The minimum Gasteiger partial charge on any atom is -0.394 e. The van der Waals surface area contributed by atoms with Crippen molar-refractivity contribution in [1.82, 2.24) is 5.32 Å². The molecule has 1 aliphatic carbocycles. The summed E-state index contributed by atoms with van der Waals surface area (Å²) in [6, 6.07) is 5.95. The molecule has 2 N–H and O–H groups in total. The van der Waals surface area contributed by atoms with Gasteiger partial charge in [0.1, 0.15) is 0 Å². The highest BCUT2D eigenvalue weighted by Gasteiger charge is 2.30. The van der Waals surface area contributed by atoms with Crippen molar-refractivity contribution in [1.29, 1.82) is 0 Å². The lowest BCUT2D eigenvalue weighted by atomic mass is 9.82. The third kappa shape index (κ3) is 3.47. The Morgan fingerprint density at radius 1 is 1.28 bits per heavy atom. The number of hydrogen-bond acceptors (Lipinski definition) is 2. The highest BCUT2D eigenvalue weighted by molar-refractivity contribution is 9.10. The van der Waals surface area contributed by atoms with Crippen molar-refractivity contribution < 1.29 is 5.11 Å². The van der Waals surface area contributed by atoms with Gasteiger partial charge in [-0.1, -0.05) is 36.9 Å². The van der Waals surface area contributed by atoms with Crippen molar-refractivity contribution in [2.24, 2.45) is 0 Å². The van der Waals surface area contributed by atoms with E-state index in [0.717, 1.165) is 28.9 Å². The van der Waals surface area contributed by atoms with Crippen molar-refractivity contribution >= 4 is 27.5 Å². The van der Waals surface area contributed by atoms with E-state index in [-0.39, 0.29) is 12.1 Å². The minimum atomic E-state index is -0.0790. The second-order valence-corrected chi connectivity index (χ2v) is 6.36. The van der Waals surface area contributed by atoms with E-state index >= 15 is 0 Å². The van der Waals surface area contributed by atoms with E-state index in [1.54, 1.807) is 0 Å². The first-order chi connectivity index (χ1) is 8.65. The molecule has 0 amide bonds. The fraction of sp³-hybridized carbons (Fsp3) is 0.571. The van der Waals surface area contributed by atoms with E-state index in [2.05, 4.69) is 21.2 Å². The highest BCUT2D eigenvalue weighted by Crippen LogP contribution is 2.29. The van der Waals surface area contributed by atoms with Crippen LogP contribution in [0, 0.1) is 0 Å². The molecule has 0 aliphatic heterocycles. The van der Waals surface area contributed by atoms with E-state index in [4.69, 9.17) is 11.6 Å². The number of hydrogen-bond donors (Lipinski definition) is 2. The zero-order valence-corrected chi connectivity index (χ0v) is 12.7. The molecule has 1 fully saturated rings. The van der Waals surface area contributed by atoms with Gasteiger partial charge in [0, 0.05) is 16.6 Å². The van der Waals surface area contributed by atoms with Crippen molar-refractivity contribution in [2.45, 2.75) is 44.2 Å². The number of rotatable bonds is 4. The number of halogens is 2. The molecule has 2 nitrogen and oxygen atoms in total. The second-order valence-electron chi connectivity index (χ2n) is 5.10. The molecule has 100 valence electrons. The van der Waals surface area contributed by atoms with Crippen LogP contribution in [0.15, 0.2) is 22.7 Å². The summed E-state index contributed by atoms with van der Waals surface area (Å²) < 4.78 is 0.921. The largest absolute Gasteiger partial charge is 0.394 e. The van der Waals surface area contributed by atoms with Gasteiger partial charge in [-0.25, -0.2) is 0 Å². The fourth-order valence-corrected chi connectivity index (χ4v) is 3.10. The smallest absolute Gasteiger partial charge is 0.0613 e. The summed E-state index contributed by atoms with van der Waals surface area (Å²) in [5, 5.41) is 13.9. The Labute approximate surface area is 122 Å². The molecule has 2 rings (SSSR count). The van der Waals surface area contributed by atoms with Crippen molar-refractivity contribution in [3.63, 3.8) is 0 Å². The summed E-state index contributed by atoms with van der Waals surface area (Å²) in [6.45, 7) is 0.998. The van der Waals surface area contributed by atoms with Gasteiger partial charge in [-0.2, -0.15) is 0 Å². The highest BCUT2D eigenvalue weighted by atomic mass is 79.9. The molecule has 4 heteroatoms. The van der Waals surface area contributed by atoms with Crippen molar-refractivity contribution in [3.05, 3.63) is 33.3 Å². The molecule has 1 aromatic rings. The topological polar surface area (TPSA) is 32.3 Å². The maximum atomic E-state index is 9.63. The minimum absolute atomic E-state index is 0.0790. The summed E-state index contributed by atoms with van der Waals surface area (Å²) in [5.74, 6) is 0. The van der Waals surface area contributed by atoms with Gasteiger partial charge in [0.05, 0.1) is 11.6 Å². The van der Waals surface area contributed by atoms with Crippen LogP contribution in [0.2, 0.25) is 5.02 Å². The molecule has 0 heterocycles. The molecule has 0 radical (unpaired) electrons. The molecule has 1 aliphatic rings. The van der Waals surface area contributed by atoms with E-state index in [9.17, 15) is 5.11 Å². The van der Waals surface area contributed by atoms with E-state index in [0.29, 0.717) is 0 Å². The molecule has 0 aromatic heterocycles. The molecule has 1 saturated carbocycles. The quantitative estimate of drug-likeness (QED) is 0.877. The fourth-order valence-electron chi connectivity index (χ4n) is 2.56. The Balaban J connectivity index is 1.98. The van der Waals surface area contributed by atoms with E-state index < -0.39 is 0 Å². The molecular formula is C14H19BrClNO. The zero-order chi connectivity index (χ0) is 13.0. The first-order valence-electron chi connectivity index (χ1n) is 6.45. The number of aliphatic hydroxyl groups is 1. The Morgan fingerprint density at radius 2 is 2.00 bits per heavy atom. The monoisotopic (exact) mass is 331 g/mol. The molecule has 0 bridgehead atoms. The van der Waals surface area contributed by atoms with Crippen LogP contribution in [-0.4, -0.2) is 17.3 Å². The van der Waals surface area contributed by atoms with Gasteiger partial charge in [-0.05, 0) is 46.5 Å². The first kappa shape index (κ1) is 14.3. The van der Waals surface area contributed by atoms with E-state index in [1.165, 1.54) is 24.8 Å². The molecule has 0 saturated heterocycles. The average Bonchev–Trinajstić information content (AvgIpc) is 2.41. The van der Waals surface area contributed by atoms with Gasteiger partial charge >= 0.3 is 0 Å². The van der Waals surface area contributed by atoms with Crippen LogP contribution in [0.4, 0.5) is 0 Å². The number of benzene rings is 1. The van der Waals surface area contributed by atoms with E-state index in [1.807, 2.05) is 18.2 Å². The van der Waals surface area contributed by atoms with Crippen LogP contribution in [-0.2, 0) is 6.54 Å². The first-order valence-corrected chi connectivity index (χ1v) is 7.62. The predicted molar refractivity (Wildman–Crippen MR) is 78.9 cm³/mol. The van der Waals surface area contributed by atoms with Crippen LogP contribution in [0.5, 0.6) is 0 Å². The Morgan fingerprint density at radius 3 is 2.61 bits per heavy atom. The Hall–Kier alpha value is -0.0900. The average molecular weight is 333 g/mol. The molecule has 0 spiro atoms. The van der Waals surface area contributed by atoms with Crippen LogP contribution in [0.1, 0.15) is 37.7 Å². The zero-order valence-electron chi connectivity index (χ0n) is 10.4. The van der Waals surface area contributed by atoms with Crippen LogP contribution < -0.4 is 5.32 Å². The maximum Gasteiger partial charge on any atom is 0.0613 e. The lowest BCUT2D eigenvalue weighted by Crippen LogP contribution is -2.49. The lowest BCUT2D eigenvalue weighted by molar-refractivity contribution is 0.119. The van der Waals surface area contributed by atoms with Gasteiger partial charge in [0.25, 0.3) is 0 Å². The van der Waals surface area contributed by atoms with Crippen molar-refractivity contribution in [2.75, 3.05) is 6.61 Å². The van der Waals surface area contributed by atoms with Gasteiger partial charge < -0.3 is 10.4 Å². The third-order valence-corrected chi connectivity index (χ3v) is 4.98. The van der Waals surface area contributed by atoms with Gasteiger partial charge in [-0.3, -0.25) is 0 Å². The van der Waals surface area contributed by atoms with Gasteiger partial charge in [0.2, 0.25) is 0 Å². The number of nitrogens with one attached hydrogen (secondary N) is 1. The standard InChI is InChI=1S/C14H19BrClNO/c15-12-8-11(4-5-13(12)16)9-17-14(10-18)6-2-1-3-7-14/h4-5,8,17-18H,1-3,6-7,9-10H2. The predicted octanol–water partition coefficient (Wildman–Crippen LogP) is 3.89. The number of aliphatic hydroxyl groups excluding tert-OH is 1. The van der Waals surface area contributed by atoms with Crippen LogP contribution in [0.3, 0.4) is 0 Å². The summed E-state index contributed by atoms with van der Waals surface area (Å²) in [7, 11) is 0. The Bertz CT molecular complexity index is 405. The maximum absolute atomic E-state index is 9.63. The summed E-state index contributed by atoms with van der Waals surface area (Å²) >= 11 is 9.41. The molecule has 18 heavy (non-hydrogen) atoms. The SMILES string of the molecule is OCC1(NCc2ccc(Cl)c(Br)c2)CCCCC1. The normalized spacial score (nSPS) is 18.8. The van der Waals surface area contributed by atoms with Crippen molar-refractivity contribution in [3.8, 4) is 0 Å². The lowest BCUT2D eigenvalue weighted by Gasteiger charge is -2.36. The summed E-state index contributed by atoms with van der Waals surface area (Å²) in [4.78, 5) is 0. The van der Waals surface area contributed by atoms with Gasteiger partial charge in [-0.15, -0.1) is 0 Å². The summed E-state index contributed by atoms with van der Waals surface area (Å²) in [6.07, 6.45) is 5.84. The third-order valence-electron chi connectivity index (χ3n) is 3.76. The summed E-state index contributed by atoms with van der Waals surface area (Å²) in [5.41, 5.74) is 1.11.